The summed E-state index contributed by atoms with van der Waals surface area (Å²) in [5, 5.41) is 8.10. The number of carbonyl (C=O) groups excluding carboxylic acids is 1. The van der Waals surface area contributed by atoms with Crippen molar-refractivity contribution in [1.29, 1.82) is 0 Å². The number of nitrogens with two attached hydrogens (primary N) is 1. The number of nitrogens with zero attached hydrogens (tertiary/aromatic N) is 1. The van der Waals surface area contributed by atoms with Crippen molar-refractivity contribution in [1.82, 2.24) is 15.4 Å². The summed E-state index contributed by atoms with van der Waals surface area (Å²) < 4.78 is 0. The molecule has 5 N–H and O–H groups in total. The molecule has 1 aromatic rings. The standard InChI is InChI=1S/C4H6N4O2/c5-2-1-6-3(7-2)4(9)8-10/h1,10H,5H2,(H,6,7)(H,8,9). The van der Waals surface area contributed by atoms with Gasteiger partial charge < -0.3 is 10.7 Å². The summed E-state index contributed by atoms with van der Waals surface area (Å²) in [5.74, 6) is -0.449. The fraction of sp³-hybridized carbons (Fsp3) is 0. The molecular weight excluding hydrogens is 136 g/mol. The van der Waals surface area contributed by atoms with Crippen LogP contribution in [0, 0.1) is 0 Å². The summed E-state index contributed by atoms with van der Waals surface area (Å²) in [5.41, 5.74) is 6.60. The van der Waals surface area contributed by atoms with Crippen LogP contribution in [0.2, 0.25) is 0 Å². The van der Waals surface area contributed by atoms with Gasteiger partial charge in [-0.15, -0.1) is 0 Å². The van der Waals surface area contributed by atoms with Crippen molar-refractivity contribution in [2.45, 2.75) is 0 Å². The van der Waals surface area contributed by atoms with Crippen molar-refractivity contribution >= 4 is 11.7 Å². The number of hydroxylamine groups is 1. The highest BCUT2D eigenvalue weighted by Gasteiger charge is 2.06. The van der Waals surface area contributed by atoms with Crippen LogP contribution in [0.3, 0.4) is 0 Å². The van der Waals surface area contributed by atoms with Gasteiger partial charge in [-0.1, -0.05) is 0 Å². The number of aromatic amines is 1. The zero-order valence-corrected chi connectivity index (χ0v) is 4.96. The summed E-state index contributed by atoms with van der Waals surface area (Å²) in [4.78, 5) is 16.5. The van der Waals surface area contributed by atoms with Crippen LogP contribution in [-0.2, 0) is 0 Å². The Kier molecular flexibility index (Phi) is 1.55. The van der Waals surface area contributed by atoms with E-state index in [1.807, 2.05) is 0 Å². The highest BCUT2D eigenvalue weighted by Crippen LogP contribution is 1.95. The van der Waals surface area contributed by atoms with Gasteiger partial charge in [0.2, 0.25) is 0 Å². The fourth-order valence-corrected chi connectivity index (χ4v) is 0.504. The second kappa shape index (κ2) is 2.36. The lowest BCUT2D eigenvalue weighted by molar-refractivity contribution is 0.0696. The van der Waals surface area contributed by atoms with E-state index in [-0.39, 0.29) is 11.6 Å². The number of carbonyl (C=O) groups is 1. The molecule has 0 aromatic carbocycles. The maximum absolute atomic E-state index is 10.5. The number of hydrogen-bond acceptors (Lipinski definition) is 4. The summed E-state index contributed by atoms with van der Waals surface area (Å²) in [6.45, 7) is 0. The Labute approximate surface area is 56.0 Å². The van der Waals surface area contributed by atoms with Gasteiger partial charge in [-0.25, -0.2) is 10.5 Å². The highest BCUT2D eigenvalue weighted by atomic mass is 16.5. The molecule has 0 spiro atoms. The molecule has 0 radical (unpaired) electrons. The molecule has 0 aliphatic heterocycles. The van der Waals surface area contributed by atoms with E-state index in [0.717, 1.165) is 0 Å². The van der Waals surface area contributed by atoms with Gasteiger partial charge in [-0.3, -0.25) is 10.0 Å². The van der Waals surface area contributed by atoms with Crippen LogP contribution >= 0.6 is 0 Å². The van der Waals surface area contributed by atoms with Gasteiger partial charge in [0, 0.05) is 0 Å². The fourth-order valence-electron chi connectivity index (χ4n) is 0.504. The molecule has 0 saturated carbocycles. The number of rotatable bonds is 1. The number of anilines is 1. The third-order valence-corrected chi connectivity index (χ3v) is 0.912. The number of aromatic nitrogens is 2. The van der Waals surface area contributed by atoms with Crippen LogP contribution in [0.25, 0.3) is 0 Å². The van der Waals surface area contributed by atoms with Crippen molar-refractivity contribution in [2.24, 2.45) is 0 Å². The molecule has 1 heterocycles. The SMILES string of the molecule is Nc1cnc(C(=O)NO)[nH]1. The predicted octanol–water partition coefficient (Wildman–Crippen LogP) is -0.889. The third-order valence-electron chi connectivity index (χ3n) is 0.912. The molecule has 54 valence electrons. The minimum absolute atomic E-state index is 0.0139. The van der Waals surface area contributed by atoms with Crippen LogP contribution < -0.4 is 11.2 Å². The van der Waals surface area contributed by atoms with E-state index in [4.69, 9.17) is 10.9 Å². The van der Waals surface area contributed by atoms with Gasteiger partial charge in [0.05, 0.1) is 6.20 Å². The Morgan fingerprint density at radius 2 is 2.60 bits per heavy atom. The number of amides is 1. The van der Waals surface area contributed by atoms with Gasteiger partial charge in [0.1, 0.15) is 5.82 Å². The van der Waals surface area contributed by atoms with Gasteiger partial charge in [0.15, 0.2) is 5.82 Å². The number of nitrogen functional groups attached to an aromatic ring is 1. The van der Waals surface area contributed by atoms with Crippen molar-refractivity contribution in [3.63, 3.8) is 0 Å². The first-order valence-corrected chi connectivity index (χ1v) is 2.49. The van der Waals surface area contributed by atoms with Crippen LogP contribution in [0.4, 0.5) is 5.82 Å². The highest BCUT2D eigenvalue weighted by molar-refractivity contribution is 5.89. The van der Waals surface area contributed by atoms with Crippen LogP contribution in [0.15, 0.2) is 6.20 Å². The Morgan fingerprint density at radius 1 is 1.90 bits per heavy atom. The number of imidazole rings is 1. The molecule has 1 amide bonds. The Morgan fingerprint density at radius 3 is 3.00 bits per heavy atom. The minimum atomic E-state index is -0.711. The number of nitrogens with one attached hydrogen (secondary N) is 2. The minimum Gasteiger partial charge on any atom is -0.384 e. The molecule has 1 rings (SSSR count). The molecule has 10 heavy (non-hydrogen) atoms. The Hall–Kier alpha value is -1.56. The zero-order chi connectivity index (χ0) is 7.56. The van der Waals surface area contributed by atoms with E-state index in [2.05, 4.69) is 9.97 Å². The topological polar surface area (TPSA) is 104 Å². The molecule has 0 saturated heterocycles. The monoisotopic (exact) mass is 142 g/mol. The zero-order valence-electron chi connectivity index (χ0n) is 4.96. The number of hydrogen-bond donors (Lipinski definition) is 4. The van der Waals surface area contributed by atoms with E-state index < -0.39 is 5.91 Å². The van der Waals surface area contributed by atoms with E-state index in [1.165, 1.54) is 11.7 Å². The summed E-state index contributed by atoms with van der Waals surface area (Å²) in [6, 6.07) is 0. The van der Waals surface area contributed by atoms with E-state index in [1.54, 1.807) is 0 Å². The summed E-state index contributed by atoms with van der Waals surface area (Å²) in [7, 11) is 0. The molecule has 6 heteroatoms. The van der Waals surface area contributed by atoms with Gasteiger partial charge in [-0.2, -0.15) is 0 Å². The third kappa shape index (κ3) is 1.06. The second-order valence-electron chi connectivity index (χ2n) is 1.63. The lowest BCUT2D eigenvalue weighted by atomic mass is 10.6. The predicted molar refractivity (Wildman–Crippen MR) is 32.3 cm³/mol. The lowest BCUT2D eigenvalue weighted by Gasteiger charge is -1.89. The molecule has 0 bridgehead atoms. The average Bonchev–Trinajstić information content (AvgIpc) is 2.34. The quantitative estimate of drug-likeness (QED) is 0.301. The maximum atomic E-state index is 10.5. The normalized spacial score (nSPS) is 9.30. The van der Waals surface area contributed by atoms with Crippen LogP contribution in [0.1, 0.15) is 10.6 Å². The largest absolute Gasteiger partial charge is 0.384 e. The second-order valence-corrected chi connectivity index (χ2v) is 1.63. The summed E-state index contributed by atoms with van der Waals surface area (Å²) >= 11 is 0. The lowest BCUT2D eigenvalue weighted by Crippen LogP contribution is -2.19. The van der Waals surface area contributed by atoms with E-state index in [9.17, 15) is 4.79 Å². The first-order valence-electron chi connectivity index (χ1n) is 2.49. The van der Waals surface area contributed by atoms with E-state index in [0.29, 0.717) is 0 Å². The Bertz CT molecular complexity index is 243. The molecule has 0 aliphatic carbocycles. The maximum Gasteiger partial charge on any atom is 0.310 e. The van der Waals surface area contributed by atoms with Gasteiger partial charge in [-0.05, 0) is 0 Å². The molecule has 1 aromatic heterocycles. The number of H-pyrrole nitrogens is 1. The first-order chi connectivity index (χ1) is 4.74. The van der Waals surface area contributed by atoms with Crippen LogP contribution in [0.5, 0.6) is 0 Å². The Balaban J connectivity index is 2.85. The first kappa shape index (κ1) is 6.56. The van der Waals surface area contributed by atoms with E-state index >= 15 is 0 Å². The van der Waals surface area contributed by atoms with Crippen molar-refractivity contribution in [3.05, 3.63) is 12.0 Å². The van der Waals surface area contributed by atoms with Crippen molar-refractivity contribution < 1.29 is 10.0 Å². The summed E-state index contributed by atoms with van der Waals surface area (Å²) in [6.07, 6.45) is 1.28. The van der Waals surface area contributed by atoms with Crippen molar-refractivity contribution in [3.8, 4) is 0 Å². The van der Waals surface area contributed by atoms with Crippen LogP contribution in [-0.4, -0.2) is 21.1 Å². The van der Waals surface area contributed by atoms with Gasteiger partial charge in [0.25, 0.3) is 0 Å². The molecule has 0 fully saturated rings. The molecule has 0 unspecified atom stereocenters. The molecule has 6 nitrogen and oxygen atoms in total. The molecule has 0 atom stereocenters. The van der Waals surface area contributed by atoms with Crippen molar-refractivity contribution in [2.75, 3.05) is 5.73 Å². The smallest absolute Gasteiger partial charge is 0.310 e. The average molecular weight is 142 g/mol. The molecular formula is C4H6N4O2. The van der Waals surface area contributed by atoms with Gasteiger partial charge >= 0.3 is 5.91 Å². The molecule has 0 aliphatic rings.